The minimum Gasteiger partial charge on any atom is -0.463 e. The molecule has 0 N–H and O–H groups in total. The molecule has 0 fully saturated rings. The van der Waals surface area contributed by atoms with Gasteiger partial charge in [-0.3, -0.25) is 0 Å². The van der Waals surface area contributed by atoms with Crippen molar-refractivity contribution in [3.05, 3.63) is 47.8 Å². The fourth-order valence-electron chi connectivity index (χ4n) is 2.20. The van der Waals surface area contributed by atoms with Gasteiger partial charge < -0.3 is 13.9 Å². The Hall–Kier alpha value is -2.56. The van der Waals surface area contributed by atoms with Gasteiger partial charge in [0.15, 0.2) is 0 Å². The van der Waals surface area contributed by atoms with E-state index in [1.807, 2.05) is 35.7 Å². The summed E-state index contributed by atoms with van der Waals surface area (Å²) >= 11 is 0. The molecule has 0 radical (unpaired) electrons. The minimum absolute atomic E-state index is 0.326. The number of hydrogen-bond acceptors (Lipinski definition) is 4. The van der Waals surface area contributed by atoms with E-state index in [4.69, 9.17) is 9.47 Å². The van der Waals surface area contributed by atoms with Crippen molar-refractivity contribution in [3.8, 4) is 0 Å². The van der Waals surface area contributed by atoms with Crippen LogP contribution in [0.3, 0.4) is 0 Å². The number of nitrogens with zero attached hydrogens (tertiary/aromatic N) is 1. The van der Waals surface area contributed by atoms with Crippen molar-refractivity contribution in [3.63, 3.8) is 0 Å². The van der Waals surface area contributed by atoms with E-state index in [1.54, 1.807) is 19.1 Å². The van der Waals surface area contributed by atoms with Crippen molar-refractivity contribution in [1.29, 1.82) is 0 Å². The van der Waals surface area contributed by atoms with Crippen molar-refractivity contribution in [1.82, 2.24) is 4.40 Å². The van der Waals surface area contributed by atoms with Gasteiger partial charge in [0.2, 0.25) is 0 Å². The molecule has 0 aliphatic rings. The second kappa shape index (κ2) is 8.17. The third-order valence-corrected chi connectivity index (χ3v) is 3.33. The van der Waals surface area contributed by atoms with Crippen LogP contribution in [0.25, 0.3) is 11.6 Å². The molecule has 5 heteroatoms. The Morgan fingerprint density at radius 3 is 2.78 bits per heavy atom. The molecule has 0 aromatic carbocycles. The maximum atomic E-state index is 12.2. The number of unbranched alkanes of at least 4 members (excludes halogenated alkanes) is 1. The average Bonchev–Trinajstić information content (AvgIpc) is 2.92. The summed E-state index contributed by atoms with van der Waals surface area (Å²) in [6.45, 7) is 4.53. The van der Waals surface area contributed by atoms with Crippen molar-refractivity contribution >= 4 is 23.5 Å². The molecule has 2 aromatic rings. The maximum Gasteiger partial charge on any atom is 0.340 e. The van der Waals surface area contributed by atoms with E-state index in [1.165, 1.54) is 6.08 Å². The highest BCUT2D eigenvalue weighted by Gasteiger charge is 2.15. The molecule has 122 valence electrons. The molecule has 0 unspecified atom stereocenters. The summed E-state index contributed by atoms with van der Waals surface area (Å²) < 4.78 is 12.0. The molecule has 2 heterocycles. The molecule has 0 atom stereocenters. The van der Waals surface area contributed by atoms with Crippen LogP contribution in [0.5, 0.6) is 0 Å². The summed E-state index contributed by atoms with van der Waals surface area (Å²) in [4.78, 5) is 23.7. The third kappa shape index (κ3) is 4.22. The van der Waals surface area contributed by atoms with Gasteiger partial charge in [-0.15, -0.1) is 0 Å². The van der Waals surface area contributed by atoms with Crippen LogP contribution in [0.2, 0.25) is 0 Å². The Morgan fingerprint density at radius 2 is 2.04 bits per heavy atom. The summed E-state index contributed by atoms with van der Waals surface area (Å²) in [5.74, 6) is -0.761. The lowest BCUT2D eigenvalue weighted by Crippen LogP contribution is -2.05. The highest BCUT2D eigenvalue weighted by atomic mass is 16.5. The van der Waals surface area contributed by atoms with Crippen LogP contribution in [-0.4, -0.2) is 29.6 Å². The lowest BCUT2D eigenvalue weighted by molar-refractivity contribution is -0.137. The second-order valence-corrected chi connectivity index (χ2v) is 5.01. The van der Waals surface area contributed by atoms with E-state index in [0.717, 1.165) is 24.1 Å². The van der Waals surface area contributed by atoms with E-state index in [0.29, 0.717) is 18.8 Å². The topological polar surface area (TPSA) is 57.0 Å². The molecule has 0 bridgehead atoms. The Bertz CT molecular complexity index is 715. The first-order valence-corrected chi connectivity index (χ1v) is 7.79. The van der Waals surface area contributed by atoms with Gasteiger partial charge in [0.05, 0.1) is 24.3 Å². The average molecular weight is 315 g/mol. The molecular weight excluding hydrogens is 294 g/mol. The predicted octanol–water partition coefficient (Wildman–Crippen LogP) is 3.47. The van der Waals surface area contributed by atoms with Crippen molar-refractivity contribution in [2.45, 2.75) is 26.7 Å². The molecule has 2 rings (SSSR count). The lowest BCUT2D eigenvalue weighted by Gasteiger charge is -2.02. The molecule has 5 nitrogen and oxygen atoms in total. The van der Waals surface area contributed by atoms with Crippen LogP contribution < -0.4 is 0 Å². The number of hydrogen-bond donors (Lipinski definition) is 0. The van der Waals surface area contributed by atoms with E-state index in [2.05, 4.69) is 0 Å². The monoisotopic (exact) mass is 315 g/mol. The molecule has 2 aromatic heterocycles. The molecule has 0 saturated heterocycles. The van der Waals surface area contributed by atoms with Crippen LogP contribution in [0, 0.1) is 0 Å². The lowest BCUT2D eigenvalue weighted by atomic mass is 10.2. The number of carbonyl (C=O) groups is 2. The Kier molecular flexibility index (Phi) is 5.97. The number of esters is 2. The Balaban J connectivity index is 2.29. The fourth-order valence-corrected chi connectivity index (χ4v) is 2.20. The van der Waals surface area contributed by atoms with Crippen LogP contribution >= 0.6 is 0 Å². The van der Waals surface area contributed by atoms with Gasteiger partial charge in [-0.1, -0.05) is 19.4 Å². The second-order valence-electron chi connectivity index (χ2n) is 5.01. The zero-order valence-electron chi connectivity index (χ0n) is 13.5. The number of rotatable bonds is 7. The van der Waals surface area contributed by atoms with Crippen molar-refractivity contribution in [2.24, 2.45) is 0 Å². The minimum atomic E-state index is -0.412. The summed E-state index contributed by atoms with van der Waals surface area (Å²) in [5.41, 5.74) is 1.96. The molecular formula is C18H21NO4. The normalized spacial score (nSPS) is 11.0. The summed E-state index contributed by atoms with van der Waals surface area (Å²) in [5, 5.41) is 0. The molecule has 0 amide bonds. The standard InChI is InChI=1S/C18H21NO4/c1-3-5-12-23-18(21)15-13-14(9-10-17(20)22-4-2)19-11-7-6-8-16(15)19/h6-11,13H,3-5,12H2,1-2H3/b10-9+. The fraction of sp³-hybridized carbons (Fsp3) is 0.333. The molecule has 23 heavy (non-hydrogen) atoms. The van der Waals surface area contributed by atoms with E-state index in [-0.39, 0.29) is 5.97 Å². The van der Waals surface area contributed by atoms with Gasteiger partial charge in [0.1, 0.15) is 0 Å². The van der Waals surface area contributed by atoms with Crippen LogP contribution in [0.1, 0.15) is 42.7 Å². The number of ether oxygens (including phenoxy) is 2. The number of fused-ring (bicyclic) bond motifs is 1. The number of aromatic nitrogens is 1. The van der Waals surface area contributed by atoms with Crippen molar-refractivity contribution < 1.29 is 19.1 Å². The van der Waals surface area contributed by atoms with Gasteiger partial charge >= 0.3 is 11.9 Å². The van der Waals surface area contributed by atoms with E-state index < -0.39 is 5.97 Å². The van der Waals surface area contributed by atoms with Crippen LogP contribution in [0.4, 0.5) is 0 Å². The largest absolute Gasteiger partial charge is 0.463 e. The summed E-state index contributed by atoms with van der Waals surface area (Å²) in [6, 6.07) is 7.29. The zero-order valence-corrected chi connectivity index (χ0v) is 13.5. The molecule has 0 saturated carbocycles. The third-order valence-electron chi connectivity index (χ3n) is 3.33. The van der Waals surface area contributed by atoms with Gasteiger partial charge in [-0.05, 0) is 37.6 Å². The van der Waals surface area contributed by atoms with Crippen molar-refractivity contribution in [2.75, 3.05) is 13.2 Å². The first-order chi connectivity index (χ1) is 11.2. The first kappa shape index (κ1) is 16.8. The smallest absolute Gasteiger partial charge is 0.340 e. The summed E-state index contributed by atoms with van der Waals surface area (Å²) in [7, 11) is 0. The SMILES string of the molecule is CCCCOC(=O)c1cc(/C=C/C(=O)OCC)n2ccccc12. The molecule has 0 aliphatic carbocycles. The first-order valence-electron chi connectivity index (χ1n) is 7.79. The predicted molar refractivity (Wildman–Crippen MR) is 88.3 cm³/mol. The number of carbonyl (C=O) groups excluding carboxylic acids is 2. The highest BCUT2D eigenvalue weighted by molar-refractivity contribution is 5.99. The van der Waals surface area contributed by atoms with Gasteiger partial charge in [0.25, 0.3) is 0 Å². The highest BCUT2D eigenvalue weighted by Crippen LogP contribution is 2.19. The Morgan fingerprint density at radius 1 is 1.22 bits per heavy atom. The maximum absolute atomic E-state index is 12.2. The quantitative estimate of drug-likeness (QED) is 0.446. The van der Waals surface area contributed by atoms with E-state index in [9.17, 15) is 9.59 Å². The van der Waals surface area contributed by atoms with Gasteiger partial charge in [-0.25, -0.2) is 9.59 Å². The molecule has 0 spiro atoms. The van der Waals surface area contributed by atoms with Crippen LogP contribution in [0.15, 0.2) is 36.5 Å². The number of pyridine rings is 1. The summed E-state index contributed by atoms with van der Waals surface area (Å²) in [6.07, 6.45) is 6.63. The Labute approximate surface area is 135 Å². The zero-order chi connectivity index (χ0) is 16.7. The van der Waals surface area contributed by atoms with Gasteiger partial charge in [-0.2, -0.15) is 0 Å². The van der Waals surface area contributed by atoms with Crippen LogP contribution in [-0.2, 0) is 14.3 Å². The van der Waals surface area contributed by atoms with Gasteiger partial charge in [0, 0.05) is 18.0 Å². The molecule has 0 aliphatic heterocycles. The van der Waals surface area contributed by atoms with E-state index >= 15 is 0 Å².